The lowest BCUT2D eigenvalue weighted by atomic mass is 10.2. The smallest absolute Gasteiger partial charge is 0.337 e. The predicted octanol–water partition coefficient (Wildman–Crippen LogP) is 1.96. The third-order valence-corrected chi connectivity index (χ3v) is 5.05. The second-order valence-corrected chi connectivity index (χ2v) is 7.01. The molecule has 0 aliphatic heterocycles. The number of aromatic carboxylic acids is 1. The second-order valence-electron chi connectivity index (χ2n) is 3.76. The van der Waals surface area contributed by atoms with Crippen molar-refractivity contribution >= 4 is 31.7 Å². The number of hydrogen-bond acceptors (Lipinski definition) is 4. The molecular formula is C11H13BrO5S. The molecule has 0 aliphatic carbocycles. The average Bonchev–Trinajstić information content (AvgIpc) is 2.28. The maximum atomic E-state index is 12.2. The largest absolute Gasteiger partial charge is 0.478 e. The van der Waals surface area contributed by atoms with Gasteiger partial charge in [0, 0.05) is 11.6 Å². The molecular weight excluding hydrogens is 324 g/mol. The minimum absolute atomic E-state index is 0.00784. The highest BCUT2D eigenvalue weighted by atomic mass is 79.9. The van der Waals surface area contributed by atoms with E-state index in [9.17, 15) is 13.2 Å². The minimum Gasteiger partial charge on any atom is -0.478 e. The number of benzene rings is 1. The zero-order valence-corrected chi connectivity index (χ0v) is 12.3. The summed E-state index contributed by atoms with van der Waals surface area (Å²) in [5.41, 5.74) is -0.235. The van der Waals surface area contributed by atoms with Crippen molar-refractivity contribution in [3.8, 4) is 0 Å². The number of carbonyl (C=O) groups is 1. The highest BCUT2D eigenvalue weighted by Crippen LogP contribution is 2.25. The normalized spacial score (nSPS) is 13.3. The molecule has 0 amide bonds. The van der Waals surface area contributed by atoms with Crippen LogP contribution in [0.3, 0.4) is 0 Å². The van der Waals surface area contributed by atoms with Gasteiger partial charge in [-0.2, -0.15) is 0 Å². The Labute approximate surface area is 114 Å². The first kappa shape index (κ1) is 15.1. The first-order valence-corrected chi connectivity index (χ1v) is 7.40. The fourth-order valence-electron chi connectivity index (χ4n) is 1.45. The van der Waals surface area contributed by atoms with Gasteiger partial charge in [-0.05, 0) is 25.1 Å². The standard InChI is InChI=1S/C11H13BrO5S/c1-7(6-17-2)18(15,16)10-5-8(12)3-4-9(10)11(13)14/h3-5,7H,6H2,1-2H3,(H,13,14). The summed E-state index contributed by atoms with van der Waals surface area (Å²) in [6, 6.07) is 4.05. The molecule has 0 spiro atoms. The van der Waals surface area contributed by atoms with Gasteiger partial charge in [-0.3, -0.25) is 0 Å². The Morgan fingerprint density at radius 3 is 2.61 bits per heavy atom. The van der Waals surface area contributed by atoms with E-state index in [0.29, 0.717) is 4.47 Å². The van der Waals surface area contributed by atoms with Crippen LogP contribution in [0.2, 0.25) is 0 Å². The van der Waals surface area contributed by atoms with Crippen LogP contribution in [0.15, 0.2) is 27.6 Å². The number of ether oxygens (including phenoxy) is 1. The van der Waals surface area contributed by atoms with Crippen LogP contribution in [0.5, 0.6) is 0 Å². The van der Waals surface area contributed by atoms with Crippen LogP contribution >= 0.6 is 15.9 Å². The van der Waals surface area contributed by atoms with Crippen molar-refractivity contribution in [3.05, 3.63) is 28.2 Å². The third kappa shape index (κ3) is 3.09. The number of sulfone groups is 1. The summed E-state index contributed by atoms with van der Waals surface area (Å²) in [5.74, 6) is -1.27. The fraction of sp³-hybridized carbons (Fsp3) is 0.364. The Morgan fingerprint density at radius 2 is 2.11 bits per heavy atom. The number of carboxylic acids is 1. The van der Waals surface area contributed by atoms with Gasteiger partial charge < -0.3 is 9.84 Å². The van der Waals surface area contributed by atoms with Gasteiger partial charge in [0.25, 0.3) is 0 Å². The topological polar surface area (TPSA) is 80.7 Å². The molecule has 100 valence electrons. The van der Waals surface area contributed by atoms with Crippen LogP contribution in [0.4, 0.5) is 0 Å². The van der Waals surface area contributed by atoms with Gasteiger partial charge in [0.05, 0.1) is 22.3 Å². The van der Waals surface area contributed by atoms with Crippen LogP contribution in [-0.4, -0.2) is 38.5 Å². The van der Waals surface area contributed by atoms with E-state index in [4.69, 9.17) is 9.84 Å². The van der Waals surface area contributed by atoms with E-state index in [1.54, 1.807) is 0 Å². The molecule has 0 aromatic heterocycles. The summed E-state index contributed by atoms with van der Waals surface area (Å²) < 4.78 is 29.8. The lowest BCUT2D eigenvalue weighted by Crippen LogP contribution is -2.24. The van der Waals surface area contributed by atoms with Crippen LogP contribution in [0.25, 0.3) is 0 Å². The van der Waals surface area contributed by atoms with Gasteiger partial charge in [-0.25, -0.2) is 13.2 Å². The molecule has 1 aromatic carbocycles. The van der Waals surface area contributed by atoms with Crippen molar-refractivity contribution < 1.29 is 23.1 Å². The van der Waals surface area contributed by atoms with E-state index >= 15 is 0 Å². The molecule has 0 bridgehead atoms. The quantitative estimate of drug-likeness (QED) is 0.888. The van der Waals surface area contributed by atoms with Crippen molar-refractivity contribution in [1.29, 1.82) is 0 Å². The number of carboxylic acid groups (broad SMARTS) is 1. The Hall–Kier alpha value is -0.920. The number of halogens is 1. The Morgan fingerprint density at radius 1 is 1.50 bits per heavy atom. The zero-order chi connectivity index (χ0) is 13.9. The minimum atomic E-state index is -3.74. The highest BCUT2D eigenvalue weighted by Gasteiger charge is 2.28. The molecule has 0 fully saturated rings. The fourth-order valence-corrected chi connectivity index (χ4v) is 3.46. The van der Waals surface area contributed by atoms with Crippen molar-refractivity contribution in [3.63, 3.8) is 0 Å². The van der Waals surface area contributed by atoms with Crippen LogP contribution in [-0.2, 0) is 14.6 Å². The molecule has 1 unspecified atom stereocenters. The van der Waals surface area contributed by atoms with E-state index < -0.39 is 21.1 Å². The predicted molar refractivity (Wildman–Crippen MR) is 69.6 cm³/mol. The number of methoxy groups -OCH3 is 1. The lowest BCUT2D eigenvalue weighted by molar-refractivity contribution is 0.0692. The summed E-state index contributed by atoms with van der Waals surface area (Å²) >= 11 is 3.14. The SMILES string of the molecule is COCC(C)S(=O)(=O)c1cc(Br)ccc1C(=O)O. The van der Waals surface area contributed by atoms with E-state index in [-0.39, 0.29) is 17.1 Å². The van der Waals surface area contributed by atoms with Gasteiger partial charge in [-0.15, -0.1) is 0 Å². The molecule has 0 saturated heterocycles. The third-order valence-electron chi connectivity index (χ3n) is 2.41. The molecule has 1 N–H and O–H groups in total. The first-order valence-electron chi connectivity index (χ1n) is 5.06. The molecule has 5 nitrogen and oxygen atoms in total. The summed E-state index contributed by atoms with van der Waals surface area (Å²) in [4.78, 5) is 10.8. The highest BCUT2D eigenvalue weighted by molar-refractivity contribution is 9.10. The zero-order valence-electron chi connectivity index (χ0n) is 9.88. The first-order chi connectivity index (χ1) is 8.30. The van der Waals surface area contributed by atoms with Gasteiger partial charge in [0.1, 0.15) is 0 Å². The van der Waals surface area contributed by atoms with Crippen molar-refractivity contribution in [1.82, 2.24) is 0 Å². The monoisotopic (exact) mass is 336 g/mol. The Bertz CT molecular complexity index is 553. The molecule has 0 aliphatic rings. The summed E-state index contributed by atoms with van der Waals surface area (Å²) in [6.07, 6.45) is 0. The summed E-state index contributed by atoms with van der Waals surface area (Å²) in [6.45, 7) is 1.49. The van der Waals surface area contributed by atoms with E-state index in [2.05, 4.69) is 15.9 Å². The molecule has 1 atom stereocenters. The van der Waals surface area contributed by atoms with Crippen molar-refractivity contribution in [2.75, 3.05) is 13.7 Å². The molecule has 0 heterocycles. The molecule has 1 aromatic rings. The molecule has 0 saturated carbocycles. The van der Waals surface area contributed by atoms with Gasteiger partial charge in [0.15, 0.2) is 9.84 Å². The van der Waals surface area contributed by atoms with Gasteiger partial charge >= 0.3 is 5.97 Å². The van der Waals surface area contributed by atoms with Crippen molar-refractivity contribution in [2.24, 2.45) is 0 Å². The van der Waals surface area contributed by atoms with Crippen LogP contribution in [0, 0.1) is 0 Å². The average molecular weight is 337 g/mol. The maximum absolute atomic E-state index is 12.2. The summed E-state index contributed by atoms with van der Waals surface area (Å²) in [5, 5.41) is 8.21. The van der Waals surface area contributed by atoms with Crippen LogP contribution in [0.1, 0.15) is 17.3 Å². The van der Waals surface area contributed by atoms with E-state index in [1.807, 2.05) is 0 Å². The molecule has 1 rings (SSSR count). The van der Waals surface area contributed by atoms with E-state index in [0.717, 1.165) is 0 Å². The molecule has 7 heteroatoms. The maximum Gasteiger partial charge on any atom is 0.337 e. The summed E-state index contributed by atoms with van der Waals surface area (Å²) in [7, 11) is -2.34. The lowest BCUT2D eigenvalue weighted by Gasteiger charge is -2.14. The second kappa shape index (κ2) is 5.81. The Kier molecular flexibility index (Phi) is 4.89. The van der Waals surface area contributed by atoms with Gasteiger partial charge in [0.2, 0.25) is 0 Å². The number of rotatable bonds is 5. The Balaban J connectivity index is 3.39. The van der Waals surface area contributed by atoms with Crippen LogP contribution < -0.4 is 0 Å². The van der Waals surface area contributed by atoms with E-state index in [1.165, 1.54) is 32.2 Å². The van der Waals surface area contributed by atoms with Crippen molar-refractivity contribution in [2.45, 2.75) is 17.1 Å². The number of hydrogen-bond donors (Lipinski definition) is 1. The van der Waals surface area contributed by atoms with Gasteiger partial charge in [-0.1, -0.05) is 15.9 Å². The molecule has 0 radical (unpaired) electrons. The molecule has 18 heavy (non-hydrogen) atoms.